The molecule has 2 N–H and O–H groups in total. The zero-order valence-electron chi connectivity index (χ0n) is 10.1. The Hall–Kier alpha value is -1.68. The number of hydrogen-bond acceptors (Lipinski definition) is 2. The maximum Gasteiger partial charge on any atom is 0.123 e. The molecule has 94 valence electrons. The molecule has 18 heavy (non-hydrogen) atoms. The van der Waals surface area contributed by atoms with Gasteiger partial charge in [-0.05, 0) is 31.5 Å². The number of rotatable bonds is 3. The number of nitrogens with zero attached hydrogens (tertiary/aromatic N) is 1. The average molecular weight is 245 g/mol. The molecular formula is C14H16FN3. The van der Waals surface area contributed by atoms with Crippen LogP contribution in [-0.4, -0.2) is 22.6 Å². The summed E-state index contributed by atoms with van der Waals surface area (Å²) in [4.78, 5) is 7.63. The standard InChI is InChI=1S/C14H16FN3/c15-11-4-1-3-10(7-11)13-9-17-14(18-13)8-12-5-2-6-16-12/h1,3-4,7,9,12,16H,2,5-6,8H2,(H,17,18). The van der Waals surface area contributed by atoms with Gasteiger partial charge in [0.2, 0.25) is 0 Å². The van der Waals surface area contributed by atoms with Gasteiger partial charge in [0.05, 0.1) is 11.9 Å². The van der Waals surface area contributed by atoms with Crippen LogP contribution in [0.3, 0.4) is 0 Å². The number of aromatic amines is 1. The van der Waals surface area contributed by atoms with Crippen LogP contribution in [0.1, 0.15) is 18.7 Å². The normalized spacial score (nSPS) is 19.3. The highest BCUT2D eigenvalue weighted by Crippen LogP contribution is 2.19. The third-order valence-corrected chi connectivity index (χ3v) is 3.37. The van der Waals surface area contributed by atoms with Crippen molar-refractivity contribution in [2.75, 3.05) is 6.54 Å². The molecule has 1 aliphatic heterocycles. The largest absolute Gasteiger partial charge is 0.342 e. The summed E-state index contributed by atoms with van der Waals surface area (Å²) >= 11 is 0. The van der Waals surface area contributed by atoms with Gasteiger partial charge in [0.1, 0.15) is 11.6 Å². The number of nitrogens with one attached hydrogen (secondary N) is 2. The highest BCUT2D eigenvalue weighted by atomic mass is 19.1. The van der Waals surface area contributed by atoms with Crippen LogP contribution < -0.4 is 5.32 Å². The van der Waals surface area contributed by atoms with Crippen LogP contribution in [0.15, 0.2) is 30.5 Å². The van der Waals surface area contributed by atoms with Gasteiger partial charge in [-0.2, -0.15) is 0 Å². The monoisotopic (exact) mass is 245 g/mol. The van der Waals surface area contributed by atoms with E-state index in [1.807, 2.05) is 6.07 Å². The Balaban J connectivity index is 1.76. The Morgan fingerprint density at radius 3 is 3.11 bits per heavy atom. The molecule has 1 fully saturated rings. The molecule has 1 aromatic carbocycles. The molecule has 0 spiro atoms. The molecule has 2 aromatic rings. The van der Waals surface area contributed by atoms with Gasteiger partial charge in [-0.3, -0.25) is 0 Å². The van der Waals surface area contributed by atoms with Crippen molar-refractivity contribution in [3.05, 3.63) is 42.1 Å². The predicted molar refractivity (Wildman–Crippen MR) is 68.7 cm³/mol. The molecule has 1 saturated heterocycles. The predicted octanol–water partition coefficient (Wildman–Crippen LogP) is 2.51. The first-order valence-corrected chi connectivity index (χ1v) is 6.34. The van der Waals surface area contributed by atoms with Crippen molar-refractivity contribution < 1.29 is 4.39 Å². The molecule has 1 atom stereocenters. The van der Waals surface area contributed by atoms with E-state index in [2.05, 4.69) is 15.3 Å². The third-order valence-electron chi connectivity index (χ3n) is 3.37. The van der Waals surface area contributed by atoms with E-state index in [0.29, 0.717) is 6.04 Å². The molecular weight excluding hydrogens is 229 g/mol. The average Bonchev–Trinajstić information content (AvgIpc) is 3.01. The fourth-order valence-electron chi connectivity index (χ4n) is 2.43. The molecule has 0 amide bonds. The first-order valence-electron chi connectivity index (χ1n) is 6.34. The van der Waals surface area contributed by atoms with E-state index in [1.165, 1.54) is 25.0 Å². The minimum absolute atomic E-state index is 0.221. The van der Waals surface area contributed by atoms with Crippen LogP contribution in [0.5, 0.6) is 0 Å². The molecule has 3 nitrogen and oxygen atoms in total. The zero-order valence-corrected chi connectivity index (χ0v) is 10.1. The maximum atomic E-state index is 13.1. The van der Waals surface area contributed by atoms with Crippen LogP contribution >= 0.6 is 0 Å². The van der Waals surface area contributed by atoms with Crippen molar-refractivity contribution in [2.45, 2.75) is 25.3 Å². The van der Waals surface area contributed by atoms with Gasteiger partial charge in [0, 0.05) is 18.0 Å². The minimum Gasteiger partial charge on any atom is -0.342 e. The van der Waals surface area contributed by atoms with Crippen molar-refractivity contribution in [3.63, 3.8) is 0 Å². The van der Waals surface area contributed by atoms with E-state index < -0.39 is 0 Å². The van der Waals surface area contributed by atoms with Crippen LogP contribution in [0, 0.1) is 5.82 Å². The van der Waals surface area contributed by atoms with Gasteiger partial charge in [-0.25, -0.2) is 9.37 Å². The number of imidazole rings is 1. The smallest absolute Gasteiger partial charge is 0.123 e. The van der Waals surface area contributed by atoms with Crippen LogP contribution in [0.25, 0.3) is 11.3 Å². The van der Waals surface area contributed by atoms with Crippen molar-refractivity contribution in [3.8, 4) is 11.3 Å². The summed E-state index contributed by atoms with van der Waals surface area (Å²) in [5.74, 6) is 0.745. The van der Waals surface area contributed by atoms with Gasteiger partial charge < -0.3 is 10.3 Å². The summed E-state index contributed by atoms with van der Waals surface area (Å²) in [7, 11) is 0. The summed E-state index contributed by atoms with van der Waals surface area (Å²) in [5.41, 5.74) is 1.72. The lowest BCUT2D eigenvalue weighted by atomic mass is 10.1. The Morgan fingerprint density at radius 1 is 1.39 bits per heavy atom. The van der Waals surface area contributed by atoms with E-state index in [4.69, 9.17) is 0 Å². The second kappa shape index (κ2) is 4.90. The van der Waals surface area contributed by atoms with E-state index in [9.17, 15) is 4.39 Å². The number of benzene rings is 1. The summed E-state index contributed by atoms with van der Waals surface area (Å²) < 4.78 is 13.1. The second-order valence-corrected chi connectivity index (χ2v) is 4.75. The molecule has 1 aliphatic rings. The quantitative estimate of drug-likeness (QED) is 0.872. The third kappa shape index (κ3) is 2.43. The highest BCUT2D eigenvalue weighted by Gasteiger charge is 2.16. The molecule has 0 bridgehead atoms. The first-order chi connectivity index (χ1) is 8.81. The summed E-state index contributed by atoms with van der Waals surface area (Å²) in [6.07, 6.45) is 5.13. The molecule has 2 heterocycles. The van der Waals surface area contributed by atoms with Gasteiger partial charge >= 0.3 is 0 Å². The number of H-pyrrole nitrogens is 1. The van der Waals surface area contributed by atoms with E-state index in [1.54, 1.807) is 12.3 Å². The molecule has 1 unspecified atom stereocenters. The highest BCUT2D eigenvalue weighted by molar-refractivity contribution is 5.58. The molecule has 1 aromatic heterocycles. The van der Waals surface area contributed by atoms with Gasteiger partial charge in [0.15, 0.2) is 0 Å². The number of hydrogen-bond donors (Lipinski definition) is 2. The minimum atomic E-state index is -0.221. The van der Waals surface area contributed by atoms with Crippen molar-refractivity contribution in [1.29, 1.82) is 0 Å². The Bertz CT molecular complexity index is 529. The van der Waals surface area contributed by atoms with Gasteiger partial charge in [0.25, 0.3) is 0 Å². The van der Waals surface area contributed by atoms with E-state index in [0.717, 1.165) is 30.0 Å². The lowest BCUT2D eigenvalue weighted by Crippen LogP contribution is -2.24. The van der Waals surface area contributed by atoms with E-state index in [-0.39, 0.29) is 5.82 Å². The first kappa shape index (κ1) is 11.4. The SMILES string of the molecule is Fc1cccc(-c2cnc(CC3CCCN3)[nH]2)c1. The molecule has 4 heteroatoms. The topological polar surface area (TPSA) is 40.7 Å². The Labute approximate surface area is 105 Å². The van der Waals surface area contributed by atoms with Crippen molar-refractivity contribution in [2.24, 2.45) is 0 Å². The van der Waals surface area contributed by atoms with Crippen molar-refractivity contribution in [1.82, 2.24) is 15.3 Å². The second-order valence-electron chi connectivity index (χ2n) is 4.75. The number of halogens is 1. The molecule has 3 rings (SSSR count). The maximum absolute atomic E-state index is 13.1. The molecule has 0 saturated carbocycles. The molecule has 0 radical (unpaired) electrons. The van der Waals surface area contributed by atoms with Gasteiger partial charge in [-0.1, -0.05) is 12.1 Å². The Kier molecular flexibility index (Phi) is 3.11. The number of aromatic nitrogens is 2. The zero-order chi connectivity index (χ0) is 12.4. The fourth-order valence-corrected chi connectivity index (χ4v) is 2.43. The lowest BCUT2D eigenvalue weighted by Gasteiger charge is -2.06. The lowest BCUT2D eigenvalue weighted by molar-refractivity contribution is 0.588. The summed E-state index contributed by atoms with van der Waals surface area (Å²) in [6, 6.07) is 7.09. The van der Waals surface area contributed by atoms with Crippen molar-refractivity contribution >= 4 is 0 Å². The van der Waals surface area contributed by atoms with Gasteiger partial charge in [-0.15, -0.1) is 0 Å². The van der Waals surface area contributed by atoms with E-state index >= 15 is 0 Å². The molecule has 0 aliphatic carbocycles. The van der Waals surface area contributed by atoms with Crippen LogP contribution in [0.2, 0.25) is 0 Å². The Morgan fingerprint density at radius 2 is 2.33 bits per heavy atom. The fraction of sp³-hybridized carbons (Fsp3) is 0.357. The van der Waals surface area contributed by atoms with Crippen LogP contribution in [0.4, 0.5) is 4.39 Å². The summed E-state index contributed by atoms with van der Waals surface area (Å²) in [5, 5.41) is 3.44. The van der Waals surface area contributed by atoms with Crippen LogP contribution in [-0.2, 0) is 6.42 Å². The summed E-state index contributed by atoms with van der Waals surface area (Å²) in [6.45, 7) is 1.10.